The van der Waals surface area contributed by atoms with E-state index in [-0.39, 0.29) is 12.0 Å². The van der Waals surface area contributed by atoms with E-state index in [0.717, 1.165) is 26.7 Å². The fraction of sp³-hybridized carbons (Fsp3) is 0.350. The van der Waals surface area contributed by atoms with Gasteiger partial charge in [0, 0.05) is 35.9 Å². The Bertz CT molecular complexity index is 1500. The fourth-order valence-corrected chi connectivity index (χ4v) is 7.63. The average Bonchev–Trinajstić information content (AvgIpc) is 3.64. The monoisotopic (exact) mass is 642 g/mol. The number of aryl methyl sites for hydroxylation is 1. The summed E-state index contributed by atoms with van der Waals surface area (Å²) in [4.78, 5) is 6.84. The standard InChI is InChI=1S/C32H34OS3.C5H8.C3H8/c1-7-23-8-10-24(11-9-23)21(2)34-22(3)30-20-26(18-19-33)31(36-30)29-17-16-28(35-29)25-12-14-27(15-13-25)32(4,5)6;1-5-3-2-4-5;1-3-2/h8-17,20,33H,2-3,7,18-19H2,1,4-6H3;1-4H2;3H2,1-2H3. The highest BCUT2D eigenvalue weighted by molar-refractivity contribution is 8.16. The Morgan fingerprint density at radius 2 is 1.43 bits per heavy atom. The molecule has 0 radical (unpaired) electrons. The lowest BCUT2D eigenvalue weighted by Gasteiger charge is -2.18. The summed E-state index contributed by atoms with van der Waals surface area (Å²) in [5, 5.41) is 9.72. The van der Waals surface area contributed by atoms with Crippen molar-refractivity contribution in [1.82, 2.24) is 0 Å². The molecule has 1 aliphatic rings. The van der Waals surface area contributed by atoms with E-state index >= 15 is 0 Å². The Balaban J connectivity index is 0.000000581. The molecule has 0 saturated heterocycles. The Morgan fingerprint density at radius 1 is 0.841 bits per heavy atom. The van der Waals surface area contributed by atoms with E-state index < -0.39 is 0 Å². The molecule has 1 aliphatic carbocycles. The molecule has 0 atom stereocenters. The van der Waals surface area contributed by atoms with Crippen molar-refractivity contribution >= 4 is 44.2 Å². The second-order valence-electron chi connectivity index (χ2n) is 12.2. The summed E-state index contributed by atoms with van der Waals surface area (Å²) in [7, 11) is 0. The van der Waals surface area contributed by atoms with Crippen LogP contribution < -0.4 is 0 Å². The molecule has 0 amide bonds. The molecule has 0 spiro atoms. The van der Waals surface area contributed by atoms with E-state index in [9.17, 15) is 5.11 Å². The zero-order valence-corrected chi connectivity index (χ0v) is 30.0. The van der Waals surface area contributed by atoms with Crippen LogP contribution in [-0.2, 0) is 18.3 Å². The van der Waals surface area contributed by atoms with Gasteiger partial charge in [-0.3, -0.25) is 0 Å². The van der Waals surface area contributed by atoms with Crippen LogP contribution in [0.25, 0.3) is 30.0 Å². The van der Waals surface area contributed by atoms with Crippen molar-refractivity contribution in [3.63, 3.8) is 0 Å². The first kappa shape index (κ1) is 35.8. The Hall–Kier alpha value is -2.63. The van der Waals surface area contributed by atoms with Gasteiger partial charge in [-0.2, -0.15) is 0 Å². The van der Waals surface area contributed by atoms with Crippen LogP contribution >= 0.6 is 34.4 Å². The van der Waals surface area contributed by atoms with Crippen LogP contribution in [0.4, 0.5) is 0 Å². The van der Waals surface area contributed by atoms with Crippen LogP contribution in [0.1, 0.15) is 94.4 Å². The lowest BCUT2D eigenvalue weighted by Crippen LogP contribution is -2.10. The Morgan fingerprint density at radius 3 is 1.93 bits per heavy atom. The van der Waals surface area contributed by atoms with Crippen molar-refractivity contribution in [2.24, 2.45) is 0 Å². The van der Waals surface area contributed by atoms with Gasteiger partial charge in [-0.15, -0.1) is 22.7 Å². The van der Waals surface area contributed by atoms with Gasteiger partial charge in [-0.25, -0.2) is 0 Å². The minimum atomic E-state index is 0.131. The molecule has 2 aromatic carbocycles. The lowest BCUT2D eigenvalue weighted by molar-refractivity contribution is 0.300. The van der Waals surface area contributed by atoms with E-state index in [0.29, 0.717) is 6.42 Å². The quantitative estimate of drug-likeness (QED) is 0.183. The van der Waals surface area contributed by atoms with Crippen LogP contribution in [0, 0.1) is 0 Å². The van der Waals surface area contributed by atoms with Gasteiger partial charge < -0.3 is 5.11 Å². The number of hydrogen-bond acceptors (Lipinski definition) is 4. The predicted octanol–water partition coefficient (Wildman–Crippen LogP) is 13.1. The summed E-state index contributed by atoms with van der Waals surface area (Å²) in [6.07, 6.45) is 6.89. The van der Waals surface area contributed by atoms with E-state index in [1.807, 2.05) is 0 Å². The fourth-order valence-electron chi connectivity index (χ4n) is 4.44. The minimum Gasteiger partial charge on any atom is -0.396 e. The van der Waals surface area contributed by atoms with E-state index in [4.69, 9.17) is 0 Å². The summed E-state index contributed by atoms with van der Waals surface area (Å²) in [6.45, 7) is 25.7. The lowest BCUT2D eigenvalue weighted by atomic mass is 9.86. The third-order valence-corrected chi connectivity index (χ3v) is 11.0. The summed E-state index contributed by atoms with van der Waals surface area (Å²) in [6, 6.07) is 24.1. The third-order valence-electron chi connectivity index (χ3n) is 7.32. The smallest absolute Gasteiger partial charge is 0.0482 e. The number of aliphatic hydroxyl groups is 1. The predicted molar refractivity (Wildman–Crippen MR) is 203 cm³/mol. The maximum atomic E-state index is 9.72. The van der Waals surface area contributed by atoms with Crippen LogP contribution in [0.3, 0.4) is 0 Å². The van der Waals surface area contributed by atoms with Gasteiger partial charge in [0.25, 0.3) is 0 Å². The van der Waals surface area contributed by atoms with Crippen molar-refractivity contribution in [3.05, 3.63) is 119 Å². The van der Waals surface area contributed by atoms with E-state index in [1.54, 1.807) is 34.4 Å². The molecule has 44 heavy (non-hydrogen) atoms. The van der Waals surface area contributed by atoms with Crippen molar-refractivity contribution < 1.29 is 5.11 Å². The molecule has 1 nitrogen and oxygen atoms in total. The molecule has 234 valence electrons. The van der Waals surface area contributed by atoms with E-state index in [1.165, 1.54) is 68.1 Å². The zero-order chi connectivity index (χ0) is 32.3. The first-order valence-corrected chi connectivity index (χ1v) is 18.2. The number of benzene rings is 2. The van der Waals surface area contributed by atoms with Crippen LogP contribution in [0.5, 0.6) is 0 Å². The Labute approximate surface area is 279 Å². The number of aliphatic hydroxyl groups excluding tert-OH is 1. The summed E-state index contributed by atoms with van der Waals surface area (Å²) >= 11 is 5.18. The molecule has 0 bridgehead atoms. The summed E-state index contributed by atoms with van der Waals surface area (Å²) in [5.74, 6) is 0. The number of thiophene rings is 2. The number of hydrogen-bond donors (Lipinski definition) is 1. The second kappa shape index (κ2) is 17.2. The molecule has 4 aromatic rings. The third kappa shape index (κ3) is 10.2. The highest BCUT2D eigenvalue weighted by Crippen LogP contribution is 2.45. The molecule has 1 saturated carbocycles. The number of allylic oxidation sites excluding steroid dienone is 1. The SMILES string of the molecule is C=C(SC(=C)c1cc(CCO)c(-c2ccc(-c3ccc(C(C)(C)C)cc3)s2)s1)c1ccc(CC)cc1.C=C1CCC1.CCC. The molecule has 0 aliphatic heterocycles. The van der Waals surface area contributed by atoms with Gasteiger partial charge in [0.05, 0.1) is 0 Å². The normalized spacial score (nSPS) is 12.4. The highest BCUT2D eigenvalue weighted by atomic mass is 32.2. The van der Waals surface area contributed by atoms with Crippen molar-refractivity contribution in [2.75, 3.05) is 6.61 Å². The van der Waals surface area contributed by atoms with Gasteiger partial charge in [-0.05, 0) is 83.5 Å². The zero-order valence-electron chi connectivity index (χ0n) is 27.6. The van der Waals surface area contributed by atoms with E-state index in [2.05, 4.69) is 128 Å². The molecular weight excluding hydrogens is 593 g/mol. The first-order valence-electron chi connectivity index (χ1n) is 15.8. The van der Waals surface area contributed by atoms with Gasteiger partial charge in [0.2, 0.25) is 0 Å². The molecule has 5 rings (SSSR count). The van der Waals surface area contributed by atoms with Crippen molar-refractivity contribution in [1.29, 1.82) is 0 Å². The average molecular weight is 643 g/mol. The number of rotatable bonds is 9. The maximum Gasteiger partial charge on any atom is 0.0482 e. The van der Waals surface area contributed by atoms with Gasteiger partial charge in [0.15, 0.2) is 0 Å². The minimum absolute atomic E-state index is 0.131. The molecule has 0 unspecified atom stereocenters. The van der Waals surface area contributed by atoms with Crippen LogP contribution in [0.2, 0.25) is 0 Å². The highest BCUT2D eigenvalue weighted by Gasteiger charge is 2.17. The maximum absolute atomic E-state index is 9.72. The number of thioether (sulfide) groups is 1. The Kier molecular flexibility index (Phi) is 14.0. The van der Waals surface area contributed by atoms with Crippen LogP contribution in [-0.4, -0.2) is 11.7 Å². The van der Waals surface area contributed by atoms with Gasteiger partial charge in [0.1, 0.15) is 0 Å². The summed E-state index contributed by atoms with van der Waals surface area (Å²) in [5.41, 5.74) is 7.80. The van der Waals surface area contributed by atoms with Gasteiger partial charge >= 0.3 is 0 Å². The van der Waals surface area contributed by atoms with Crippen LogP contribution in [0.15, 0.2) is 92.0 Å². The molecular formula is C40H50OS3. The molecule has 2 heterocycles. The second-order valence-corrected chi connectivity index (χ2v) is 15.6. The molecule has 1 fully saturated rings. The van der Waals surface area contributed by atoms with Gasteiger partial charge in [-0.1, -0.05) is 134 Å². The largest absolute Gasteiger partial charge is 0.396 e. The molecule has 1 N–H and O–H groups in total. The molecule has 4 heteroatoms. The molecule has 2 aromatic heterocycles. The summed E-state index contributed by atoms with van der Waals surface area (Å²) < 4.78 is 0. The van der Waals surface area contributed by atoms with Crippen molar-refractivity contribution in [3.8, 4) is 20.2 Å². The van der Waals surface area contributed by atoms with Crippen molar-refractivity contribution in [2.45, 2.75) is 85.5 Å². The first-order chi connectivity index (χ1) is 21.0. The topological polar surface area (TPSA) is 20.2 Å².